The Morgan fingerprint density at radius 3 is 3.25 bits per heavy atom. The van der Waals surface area contributed by atoms with Crippen LogP contribution in [0.5, 0.6) is 0 Å². The molecule has 2 N–H and O–H groups in total. The van der Waals surface area contributed by atoms with Crippen molar-refractivity contribution in [1.29, 1.82) is 0 Å². The average Bonchev–Trinajstić information content (AvgIpc) is 2.75. The Hall–Kier alpha value is -0.610. The molecule has 12 heavy (non-hydrogen) atoms. The van der Waals surface area contributed by atoms with Gasteiger partial charge >= 0.3 is 0 Å². The van der Waals surface area contributed by atoms with Crippen molar-refractivity contribution in [2.24, 2.45) is 11.7 Å². The lowest BCUT2D eigenvalue weighted by molar-refractivity contribution is 0.602. The average molecular weight is 183 g/mol. The molecule has 1 aliphatic heterocycles. The monoisotopic (exact) mass is 183 g/mol. The van der Waals surface area contributed by atoms with Gasteiger partial charge in [0.25, 0.3) is 0 Å². The zero-order valence-electron chi connectivity index (χ0n) is 6.94. The third-order valence-electron chi connectivity index (χ3n) is 2.31. The maximum absolute atomic E-state index is 5.61. The summed E-state index contributed by atoms with van der Waals surface area (Å²) in [5.41, 5.74) is 5.61. The predicted octanol–water partition coefficient (Wildman–Crippen LogP) is 0.928. The van der Waals surface area contributed by atoms with Crippen LogP contribution in [0.25, 0.3) is 0 Å². The summed E-state index contributed by atoms with van der Waals surface area (Å²) < 4.78 is 0. The second-order valence-electron chi connectivity index (χ2n) is 3.15. The molecular weight excluding hydrogens is 170 g/mol. The summed E-state index contributed by atoms with van der Waals surface area (Å²) in [6.07, 6.45) is 3.08. The standard InChI is InChI=1S/C8H13N3S/c9-5-7-1-3-11(6-7)8-10-2-4-12-8/h2,4,7H,1,3,5-6,9H2/t7-/m1/s1. The Morgan fingerprint density at radius 1 is 1.75 bits per heavy atom. The van der Waals surface area contributed by atoms with Crippen LogP contribution < -0.4 is 10.6 Å². The van der Waals surface area contributed by atoms with E-state index in [9.17, 15) is 0 Å². The number of nitrogens with zero attached hydrogens (tertiary/aromatic N) is 2. The van der Waals surface area contributed by atoms with Gasteiger partial charge in [0, 0.05) is 24.7 Å². The first-order valence-electron chi connectivity index (χ1n) is 4.24. The fourth-order valence-corrected chi connectivity index (χ4v) is 2.25. The maximum atomic E-state index is 5.61. The van der Waals surface area contributed by atoms with Crippen LogP contribution in [0, 0.1) is 5.92 Å². The molecule has 3 nitrogen and oxygen atoms in total. The zero-order valence-corrected chi connectivity index (χ0v) is 7.76. The van der Waals surface area contributed by atoms with Gasteiger partial charge in [0.05, 0.1) is 0 Å². The van der Waals surface area contributed by atoms with Crippen molar-refractivity contribution < 1.29 is 0 Å². The minimum absolute atomic E-state index is 0.675. The molecule has 0 bridgehead atoms. The van der Waals surface area contributed by atoms with E-state index in [0.717, 1.165) is 24.8 Å². The zero-order chi connectivity index (χ0) is 8.39. The molecule has 1 atom stereocenters. The number of anilines is 1. The normalized spacial score (nSPS) is 23.4. The van der Waals surface area contributed by atoms with E-state index in [2.05, 4.69) is 9.88 Å². The number of rotatable bonds is 2. The number of hydrogen-bond donors (Lipinski definition) is 1. The molecule has 0 unspecified atom stereocenters. The highest BCUT2D eigenvalue weighted by Crippen LogP contribution is 2.24. The van der Waals surface area contributed by atoms with E-state index in [1.165, 1.54) is 6.42 Å². The summed E-state index contributed by atoms with van der Waals surface area (Å²) in [5, 5.41) is 3.16. The Balaban J connectivity index is 2.00. The van der Waals surface area contributed by atoms with Crippen molar-refractivity contribution in [2.75, 3.05) is 24.5 Å². The van der Waals surface area contributed by atoms with E-state index >= 15 is 0 Å². The fourth-order valence-electron chi connectivity index (χ4n) is 1.57. The van der Waals surface area contributed by atoms with Gasteiger partial charge in [-0.25, -0.2) is 4.98 Å². The van der Waals surface area contributed by atoms with Crippen molar-refractivity contribution in [3.8, 4) is 0 Å². The lowest BCUT2D eigenvalue weighted by atomic mass is 10.1. The Kier molecular flexibility index (Phi) is 2.28. The number of nitrogens with two attached hydrogens (primary N) is 1. The van der Waals surface area contributed by atoms with Gasteiger partial charge in [0.2, 0.25) is 0 Å². The van der Waals surface area contributed by atoms with E-state index in [1.54, 1.807) is 11.3 Å². The van der Waals surface area contributed by atoms with Crippen LogP contribution in [0.3, 0.4) is 0 Å². The third-order valence-corrected chi connectivity index (χ3v) is 3.14. The van der Waals surface area contributed by atoms with Crippen molar-refractivity contribution >= 4 is 16.5 Å². The molecule has 0 aromatic carbocycles. The van der Waals surface area contributed by atoms with Crippen LogP contribution in [-0.4, -0.2) is 24.6 Å². The van der Waals surface area contributed by atoms with Crippen LogP contribution in [0.15, 0.2) is 11.6 Å². The molecule has 0 spiro atoms. The molecular formula is C8H13N3S. The summed E-state index contributed by atoms with van der Waals surface area (Å²) in [6, 6.07) is 0. The van der Waals surface area contributed by atoms with E-state index in [4.69, 9.17) is 5.73 Å². The highest BCUT2D eigenvalue weighted by Gasteiger charge is 2.22. The summed E-state index contributed by atoms with van der Waals surface area (Å²) in [7, 11) is 0. The molecule has 2 rings (SSSR count). The van der Waals surface area contributed by atoms with Gasteiger partial charge < -0.3 is 10.6 Å². The van der Waals surface area contributed by atoms with E-state index in [1.807, 2.05) is 11.6 Å². The Bertz CT molecular complexity index is 234. The molecule has 66 valence electrons. The molecule has 0 amide bonds. The van der Waals surface area contributed by atoms with Crippen LogP contribution >= 0.6 is 11.3 Å². The maximum Gasteiger partial charge on any atom is 0.185 e. The van der Waals surface area contributed by atoms with Gasteiger partial charge in [-0.2, -0.15) is 0 Å². The Labute approximate surface area is 76.2 Å². The smallest absolute Gasteiger partial charge is 0.185 e. The van der Waals surface area contributed by atoms with Gasteiger partial charge in [0.1, 0.15) is 0 Å². The second-order valence-corrected chi connectivity index (χ2v) is 4.02. The number of hydrogen-bond acceptors (Lipinski definition) is 4. The van der Waals surface area contributed by atoms with Crippen molar-refractivity contribution in [3.05, 3.63) is 11.6 Å². The summed E-state index contributed by atoms with van der Waals surface area (Å²) in [6.45, 7) is 3.02. The first-order valence-corrected chi connectivity index (χ1v) is 5.12. The highest BCUT2D eigenvalue weighted by molar-refractivity contribution is 7.13. The SMILES string of the molecule is NC[C@H]1CCN(c2nccs2)C1. The van der Waals surface area contributed by atoms with Crippen LogP contribution in [0.4, 0.5) is 5.13 Å². The quantitative estimate of drug-likeness (QED) is 0.741. The molecule has 1 aliphatic rings. The van der Waals surface area contributed by atoms with Crippen molar-refractivity contribution in [2.45, 2.75) is 6.42 Å². The predicted molar refractivity (Wildman–Crippen MR) is 51.5 cm³/mol. The second kappa shape index (κ2) is 3.41. The van der Waals surface area contributed by atoms with Crippen molar-refractivity contribution in [1.82, 2.24) is 4.98 Å². The lowest BCUT2D eigenvalue weighted by Gasteiger charge is -2.13. The Morgan fingerprint density at radius 2 is 2.67 bits per heavy atom. The molecule has 1 aromatic heterocycles. The molecule has 1 aromatic rings. The van der Waals surface area contributed by atoms with E-state index in [-0.39, 0.29) is 0 Å². The molecule has 0 radical (unpaired) electrons. The molecule has 1 saturated heterocycles. The first kappa shape index (κ1) is 8.01. The largest absolute Gasteiger partial charge is 0.348 e. The summed E-state index contributed by atoms with van der Waals surface area (Å²) in [5.74, 6) is 0.675. The highest BCUT2D eigenvalue weighted by atomic mass is 32.1. The number of aromatic nitrogens is 1. The topological polar surface area (TPSA) is 42.1 Å². The minimum atomic E-state index is 0.675. The molecule has 0 aliphatic carbocycles. The lowest BCUT2D eigenvalue weighted by Crippen LogP contribution is -2.22. The molecule has 2 heterocycles. The van der Waals surface area contributed by atoms with Crippen molar-refractivity contribution in [3.63, 3.8) is 0 Å². The molecule has 0 saturated carbocycles. The number of thiazole rings is 1. The fraction of sp³-hybridized carbons (Fsp3) is 0.625. The van der Waals surface area contributed by atoms with Gasteiger partial charge in [-0.3, -0.25) is 0 Å². The first-order chi connectivity index (χ1) is 5.90. The van der Waals surface area contributed by atoms with Gasteiger partial charge in [-0.05, 0) is 18.9 Å². The summed E-state index contributed by atoms with van der Waals surface area (Å²) in [4.78, 5) is 6.59. The molecule has 4 heteroatoms. The summed E-state index contributed by atoms with van der Waals surface area (Å²) >= 11 is 1.71. The third kappa shape index (κ3) is 1.44. The van der Waals surface area contributed by atoms with E-state index in [0.29, 0.717) is 5.92 Å². The van der Waals surface area contributed by atoms with Gasteiger partial charge in [-0.1, -0.05) is 0 Å². The van der Waals surface area contributed by atoms with Crippen LogP contribution in [-0.2, 0) is 0 Å². The molecule has 1 fully saturated rings. The van der Waals surface area contributed by atoms with Crippen LogP contribution in [0.2, 0.25) is 0 Å². The minimum Gasteiger partial charge on any atom is -0.348 e. The van der Waals surface area contributed by atoms with Gasteiger partial charge in [0.15, 0.2) is 5.13 Å². The van der Waals surface area contributed by atoms with Gasteiger partial charge in [-0.15, -0.1) is 11.3 Å². The van der Waals surface area contributed by atoms with Crippen LogP contribution in [0.1, 0.15) is 6.42 Å². The van der Waals surface area contributed by atoms with E-state index < -0.39 is 0 Å².